The molecule has 24 heavy (non-hydrogen) atoms. The number of nitrogens with two attached hydrogens (primary N) is 1. The highest BCUT2D eigenvalue weighted by Gasteiger charge is 2.24. The van der Waals surface area contributed by atoms with Crippen LogP contribution in [0.3, 0.4) is 0 Å². The van der Waals surface area contributed by atoms with Crippen molar-refractivity contribution in [2.24, 2.45) is 5.14 Å². The molecule has 1 aliphatic carbocycles. The van der Waals surface area contributed by atoms with Crippen molar-refractivity contribution in [1.82, 2.24) is 0 Å². The summed E-state index contributed by atoms with van der Waals surface area (Å²) in [5.74, 6) is 0. The maximum atomic E-state index is 11.8. The van der Waals surface area contributed by atoms with Gasteiger partial charge in [0, 0.05) is 12.1 Å². The van der Waals surface area contributed by atoms with Crippen LogP contribution in [0.15, 0.2) is 47.4 Å². The van der Waals surface area contributed by atoms with E-state index < -0.39 is 14.9 Å². The molecule has 2 aromatic rings. The van der Waals surface area contributed by atoms with E-state index >= 15 is 0 Å². The Hall–Kier alpha value is -2.45. The Bertz CT molecular complexity index is 896. The zero-order chi connectivity index (χ0) is 17.3. The van der Waals surface area contributed by atoms with Crippen molar-refractivity contribution in [1.29, 1.82) is 0 Å². The first kappa shape index (κ1) is 16.4. The summed E-state index contributed by atoms with van der Waals surface area (Å²) < 4.78 is 23.7. The molecule has 0 aromatic heterocycles. The fraction of sp³-hybridized carbons (Fsp3) is 0.250. The lowest BCUT2D eigenvalue weighted by molar-refractivity contribution is -0.385. The van der Waals surface area contributed by atoms with Gasteiger partial charge in [0.2, 0.25) is 10.0 Å². The molecule has 1 unspecified atom stereocenters. The normalized spacial score (nSPS) is 17.1. The molecule has 7 nitrogen and oxygen atoms in total. The molecule has 1 aliphatic rings. The second-order valence-corrected chi connectivity index (χ2v) is 7.30. The summed E-state index contributed by atoms with van der Waals surface area (Å²) >= 11 is 0. The second-order valence-electron chi connectivity index (χ2n) is 5.77. The number of sulfonamides is 1. The largest absolute Gasteiger partial charge is 0.377 e. The number of aryl methyl sites for hydroxylation is 1. The predicted octanol–water partition coefficient (Wildman–Crippen LogP) is 2.73. The third-order valence-corrected chi connectivity index (χ3v) is 5.13. The summed E-state index contributed by atoms with van der Waals surface area (Å²) in [5.41, 5.74) is 2.31. The van der Waals surface area contributed by atoms with Crippen molar-refractivity contribution in [2.75, 3.05) is 5.32 Å². The Kier molecular flexibility index (Phi) is 4.25. The van der Waals surface area contributed by atoms with E-state index in [1.165, 1.54) is 17.7 Å². The highest BCUT2D eigenvalue weighted by atomic mass is 32.2. The summed E-state index contributed by atoms with van der Waals surface area (Å²) in [6.45, 7) is 0. The van der Waals surface area contributed by atoms with Crippen LogP contribution in [0, 0.1) is 10.1 Å². The van der Waals surface area contributed by atoms with Crippen LogP contribution in [-0.4, -0.2) is 13.3 Å². The van der Waals surface area contributed by atoms with Crippen LogP contribution in [0.4, 0.5) is 11.4 Å². The van der Waals surface area contributed by atoms with E-state index in [4.69, 9.17) is 5.14 Å². The number of primary sulfonamides is 1. The Balaban J connectivity index is 2.01. The molecule has 0 heterocycles. The minimum absolute atomic E-state index is 0.0584. The van der Waals surface area contributed by atoms with E-state index in [-0.39, 0.29) is 22.3 Å². The average molecular weight is 347 g/mol. The van der Waals surface area contributed by atoms with Crippen LogP contribution in [0.25, 0.3) is 0 Å². The van der Waals surface area contributed by atoms with Crippen molar-refractivity contribution in [2.45, 2.75) is 30.2 Å². The first-order valence-corrected chi connectivity index (χ1v) is 9.06. The average Bonchev–Trinajstić information content (AvgIpc) is 2.54. The van der Waals surface area contributed by atoms with Crippen molar-refractivity contribution in [3.8, 4) is 0 Å². The Morgan fingerprint density at radius 2 is 1.96 bits per heavy atom. The van der Waals surface area contributed by atoms with Crippen LogP contribution in [-0.2, 0) is 16.4 Å². The van der Waals surface area contributed by atoms with Crippen LogP contribution >= 0.6 is 0 Å². The first-order valence-electron chi connectivity index (χ1n) is 7.52. The summed E-state index contributed by atoms with van der Waals surface area (Å²) in [5, 5.41) is 19.3. The summed E-state index contributed by atoms with van der Waals surface area (Å²) in [6.07, 6.45) is 2.81. The third kappa shape index (κ3) is 3.24. The molecule has 126 valence electrons. The third-order valence-electron chi connectivity index (χ3n) is 4.18. The predicted molar refractivity (Wildman–Crippen MR) is 90.2 cm³/mol. The highest BCUT2D eigenvalue weighted by Crippen LogP contribution is 2.35. The summed E-state index contributed by atoms with van der Waals surface area (Å²) in [7, 11) is -4.08. The molecule has 0 fully saturated rings. The van der Waals surface area contributed by atoms with Gasteiger partial charge in [0.15, 0.2) is 0 Å². The van der Waals surface area contributed by atoms with E-state index in [0.29, 0.717) is 0 Å². The lowest BCUT2D eigenvalue weighted by atomic mass is 9.87. The van der Waals surface area contributed by atoms with Crippen molar-refractivity contribution in [3.05, 3.63) is 63.7 Å². The van der Waals surface area contributed by atoms with Gasteiger partial charge in [0.05, 0.1) is 16.7 Å². The van der Waals surface area contributed by atoms with Gasteiger partial charge in [-0.25, -0.2) is 13.6 Å². The highest BCUT2D eigenvalue weighted by molar-refractivity contribution is 7.89. The Labute approximate surface area is 139 Å². The number of hydrogen-bond acceptors (Lipinski definition) is 5. The number of nitrogens with zero attached hydrogens (tertiary/aromatic N) is 1. The van der Waals surface area contributed by atoms with E-state index in [1.54, 1.807) is 0 Å². The first-order chi connectivity index (χ1) is 11.4. The zero-order valence-electron chi connectivity index (χ0n) is 12.8. The molecular weight excluding hydrogens is 330 g/mol. The smallest absolute Gasteiger partial charge is 0.270 e. The van der Waals surface area contributed by atoms with Gasteiger partial charge in [-0.05, 0) is 36.5 Å². The Morgan fingerprint density at radius 3 is 2.67 bits per heavy atom. The summed E-state index contributed by atoms with van der Waals surface area (Å²) in [4.78, 5) is 9.99. The lowest BCUT2D eigenvalue weighted by Crippen LogP contribution is -2.20. The second kappa shape index (κ2) is 6.21. The molecule has 0 saturated heterocycles. The van der Waals surface area contributed by atoms with Crippen LogP contribution in [0.2, 0.25) is 0 Å². The van der Waals surface area contributed by atoms with Gasteiger partial charge in [0.25, 0.3) is 5.69 Å². The van der Waals surface area contributed by atoms with Gasteiger partial charge >= 0.3 is 0 Å². The Morgan fingerprint density at radius 1 is 1.21 bits per heavy atom. The van der Waals surface area contributed by atoms with Gasteiger partial charge in [0.1, 0.15) is 4.90 Å². The molecule has 0 spiro atoms. The van der Waals surface area contributed by atoms with Crippen molar-refractivity contribution >= 4 is 21.4 Å². The number of anilines is 1. The van der Waals surface area contributed by atoms with Crippen molar-refractivity contribution in [3.63, 3.8) is 0 Å². The number of hydrogen-bond donors (Lipinski definition) is 2. The standard InChI is InChI=1S/C16H17N3O4S/c17-24(22,23)16-10-12(19(20)21)8-9-15(16)18-14-7-3-5-11-4-1-2-6-13(11)14/h1-2,4,6,8-10,14,18H,3,5,7H2,(H2,17,22,23). The van der Waals surface area contributed by atoms with Gasteiger partial charge in [-0.2, -0.15) is 0 Å². The number of rotatable bonds is 4. The molecule has 3 N–H and O–H groups in total. The van der Waals surface area contributed by atoms with E-state index in [9.17, 15) is 18.5 Å². The van der Waals surface area contributed by atoms with Crippen LogP contribution in [0.1, 0.15) is 30.0 Å². The maximum absolute atomic E-state index is 11.8. The molecular formula is C16H17N3O4S. The van der Waals surface area contributed by atoms with Crippen molar-refractivity contribution < 1.29 is 13.3 Å². The number of nitrogens with one attached hydrogen (secondary N) is 1. The molecule has 0 aliphatic heterocycles. The van der Waals surface area contributed by atoms with Crippen LogP contribution in [0.5, 0.6) is 0 Å². The quantitative estimate of drug-likeness (QED) is 0.652. The van der Waals surface area contributed by atoms with E-state index in [2.05, 4.69) is 11.4 Å². The van der Waals surface area contributed by atoms with Gasteiger partial charge in [-0.15, -0.1) is 0 Å². The van der Waals surface area contributed by atoms with E-state index in [0.717, 1.165) is 30.9 Å². The van der Waals surface area contributed by atoms with Gasteiger partial charge < -0.3 is 5.32 Å². The number of nitro benzene ring substituents is 1. The summed E-state index contributed by atoms with van der Waals surface area (Å²) in [6, 6.07) is 11.6. The molecule has 2 aromatic carbocycles. The minimum atomic E-state index is -4.08. The fourth-order valence-corrected chi connectivity index (χ4v) is 3.79. The fourth-order valence-electron chi connectivity index (χ4n) is 3.07. The van der Waals surface area contributed by atoms with E-state index in [1.807, 2.05) is 18.2 Å². The van der Waals surface area contributed by atoms with Gasteiger partial charge in [-0.1, -0.05) is 24.3 Å². The molecule has 0 amide bonds. The number of fused-ring (bicyclic) bond motifs is 1. The van der Waals surface area contributed by atoms with Gasteiger partial charge in [-0.3, -0.25) is 10.1 Å². The van der Waals surface area contributed by atoms with Crippen LogP contribution < -0.4 is 10.5 Å². The number of nitro groups is 1. The zero-order valence-corrected chi connectivity index (χ0v) is 13.6. The minimum Gasteiger partial charge on any atom is -0.377 e. The lowest BCUT2D eigenvalue weighted by Gasteiger charge is -2.27. The molecule has 1 atom stereocenters. The molecule has 0 radical (unpaired) electrons. The maximum Gasteiger partial charge on any atom is 0.270 e. The number of benzene rings is 2. The monoisotopic (exact) mass is 347 g/mol. The SMILES string of the molecule is NS(=O)(=O)c1cc([N+](=O)[O-])ccc1NC1CCCc2ccccc21. The number of non-ortho nitro benzene ring substituents is 1. The molecule has 0 bridgehead atoms. The molecule has 3 rings (SSSR count). The molecule has 0 saturated carbocycles. The topological polar surface area (TPSA) is 115 Å². The molecule has 8 heteroatoms.